The van der Waals surface area contributed by atoms with E-state index < -0.39 is 5.91 Å². The van der Waals surface area contributed by atoms with Gasteiger partial charge in [-0.05, 0) is 36.4 Å². The van der Waals surface area contributed by atoms with Crippen LogP contribution in [0.2, 0.25) is 10.0 Å². The van der Waals surface area contributed by atoms with Gasteiger partial charge in [0, 0.05) is 11.9 Å². The molecule has 0 aliphatic heterocycles. The summed E-state index contributed by atoms with van der Waals surface area (Å²) < 4.78 is 5.31. The molecule has 0 atom stereocenters. The van der Waals surface area contributed by atoms with Gasteiger partial charge in [-0.25, -0.2) is 0 Å². The van der Waals surface area contributed by atoms with Crippen LogP contribution in [0.25, 0.3) is 0 Å². The highest BCUT2D eigenvalue weighted by Gasteiger charge is 2.12. The first-order valence-corrected chi connectivity index (χ1v) is 8.45. The number of aromatic nitrogens is 1. The van der Waals surface area contributed by atoms with Crippen molar-refractivity contribution in [2.75, 3.05) is 17.7 Å². The summed E-state index contributed by atoms with van der Waals surface area (Å²) in [5.41, 5.74) is 2.15. The second kappa shape index (κ2) is 8.08. The van der Waals surface area contributed by atoms with Gasteiger partial charge in [-0.3, -0.25) is 9.78 Å². The lowest BCUT2D eigenvalue weighted by Gasteiger charge is -2.12. The van der Waals surface area contributed by atoms with Crippen LogP contribution in [0.5, 0.6) is 5.75 Å². The number of hydrogen-bond acceptors (Lipinski definition) is 4. The van der Waals surface area contributed by atoms with Crippen LogP contribution in [0.4, 0.5) is 17.1 Å². The first-order valence-electron chi connectivity index (χ1n) is 7.70. The van der Waals surface area contributed by atoms with E-state index in [9.17, 15) is 4.79 Å². The summed E-state index contributed by atoms with van der Waals surface area (Å²) in [5.74, 6) is 0.305. The fourth-order valence-corrected chi connectivity index (χ4v) is 2.67. The first-order chi connectivity index (χ1) is 12.6. The number of para-hydroxylation sites is 2. The van der Waals surface area contributed by atoms with Crippen molar-refractivity contribution in [1.29, 1.82) is 0 Å². The largest absolute Gasteiger partial charge is 0.495 e. The van der Waals surface area contributed by atoms with E-state index in [4.69, 9.17) is 27.9 Å². The normalized spacial score (nSPS) is 10.3. The standard InChI is InChI=1S/C19H15Cl2N3O2/c1-26-17-8-3-2-6-14(17)23-12-9-10-22-16(11-12)19(25)24-15-7-4-5-13(20)18(15)21/h2-11H,1H3,(H,22,23)(H,24,25). The number of hydrogen-bond donors (Lipinski definition) is 2. The lowest BCUT2D eigenvalue weighted by Crippen LogP contribution is -2.14. The number of carbonyl (C=O) groups is 1. The average molecular weight is 388 g/mol. The van der Waals surface area contributed by atoms with Crippen LogP contribution in [0.3, 0.4) is 0 Å². The number of rotatable bonds is 5. The SMILES string of the molecule is COc1ccccc1Nc1ccnc(C(=O)Nc2cccc(Cl)c2Cl)c1. The first kappa shape index (κ1) is 18.0. The fraction of sp³-hybridized carbons (Fsp3) is 0.0526. The van der Waals surface area contributed by atoms with Gasteiger partial charge in [0.1, 0.15) is 11.4 Å². The second-order valence-corrected chi connectivity index (χ2v) is 6.10. The van der Waals surface area contributed by atoms with E-state index in [0.717, 1.165) is 5.69 Å². The molecule has 0 bridgehead atoms. The number of nitrogens with one attached hydrogen (secondary N) is 2. The molecule has 0 radical (unpaired) electrons. The maximum atomic E-state index is 12.5. The summed E-state index contributed by atoms with van der Waals surface area (Å²) in [6, 6.07) is 15.9. The van der Waals surface area contributed by atoms with Gasteiger partial charge in [-0.15, -0.1) is 0 Å². The zero-order chi connectivity index (χ0) is 18.5. The predicted molar refractivity (Wildman–Crippen MR) is 105 cm³/mol. The van der Waals surface area contributed by atoms with Crippen molar-refractivity contribution >= 4 is 46.2 Å². The number of halogens is 2. The molecule has 0 fully saturated rings. The highest BCUT2D eigenvalue weighted by molar-refractivity contribution is 6.44. The molecule has 3 rings (SSSR count). The van der Waals surface area contributed by atoms with E-state index in [2.05, 4.69) is 15.6 Å². The molecule has 0 aliphatic carbocycles. The van der Waals surface area contributed by atoms with Gasteiger partial charge in [0.15, 0.2) is 0 Å². The molecule has 0 aliphatic rings. The minimum Gasteiger partial charge on any atom is -0.495 e. The monoisotopic (exact) mass is 387 g/mol. The van der Waals surface area contributed by atoms with Crippen LogP contribution in [-0.2, 0) is 0 Å². The Morgan fingerprint density at radius 3 is 2.62 bits per heavy atom. The number of pyridine rings is 1. The molecule has 7 heteroatoms. The molecule has 1 aromatic heterocycles. The Morgan fingerprint density at radius 2 is 1.81 bits per heavy atom. The molecule has 0 unspecified atom stereocenters. The maximum Gasteiger partial charge on any atom is 0.274 e. The van der Waals surface area contributed by atoms with Gasteiger partial charge in [0.05, 0.1) is 28.5 Å². The molecule has 26 heavy (non-hydrogen) atoms. The van der Waals surface area contributed by atoms with Gasteiger partial charge >= 0.3 is 0 Å². The highest BCUT2D eigenvalue weighted by Crippen LogP contribution is 2.30. The summed E-state index contributed by atoms with van der Waals surface area (Å²) in [6.07, 6.45) is 1.55. The van der Waals surface area contributed by atoms with Crippen molar-refractivity contribution < 1.29 is 9.53 Å². The third-order valence-electron chi connectivity index (χ3n) is 3.58. The summed E-state index contributed by atoms with van der Waals surface area (Å²) >= 11 is 12.1. The van der Waals surface area contributed by atoms with Crippen LogP contribution < -0.4 is 15.4 Å². The molecule has 1 amide bonds. The van der Waals surface area contributed by atoms with Crippen LogP contribution in [0, 0.1) is 0 Å². The third-order valence-corrected chi connectivity index (χ3v) is 4.40. The van der Waals surface area contributed by atoms with Crippen LogP contribution in [0.1, 0.15) is 10.5 Å². The smallest absolute Gasteiger partial charge is 0.274 e. The molecule has 0 saturated carbocycles. The summed E-state index contributed by atoms with van der Waals surface area (Å²) in [7, 11) is 1.60. The van der Waals surface area contributed by atoms with Crippen molar-refractivity contribution in [2.24, 2.45) is 0 Å². The molecular weight excluding hydrogens is 373 g/mol. The summed E-state index contributed by atoms with van der Waals surface area (Å²) in [4.78, 5) is 16.6. The fourth-order valence-electron chi connectivity index (χ4n) is 2.32. The van der Waals surface area contributed by atoms with Crippen LogP contribution in [-0.4, -0.2) is 18.0 Å². The minimum atomic E-state index is -0.391. The van der Waals surface area contributed by atoms with E-state index in [0.29, 0.717) is 22.1 Å². The molecular formula is C19H15Cl2N3O2. The van der Waals surface area contributed by atoms with Crippen LogP contribution in [0.15, 0.2) is 60.8 Å². The number of anilines is 3. The number of ether oxygens (including phenoxy) is 1. The summed E-state index contributed by atoms with van der Waals surface area (Å²) in [6.45, 7) is 0. The Bertz CT molecular complexity index is 948. The van der Waals surface area contributed by atoms with Crippen molar-refractivity contribution in [2.45, 2.75) is 0 Å². The Hall–Kier alpha value is -2.76. The van der Waals surface area contributed by atoms with Gasteiger partial charge in [-0.1, -0.05) is 41.4 Å². The molecule has 2 aromatic carbocycles. The Labute approximate surface area is 160 Å². The number of methoxy groups -OCH3 is 1. The number of nitrogens with zero attached hydrogens (tertiary/aromatic N) is 1. The topological polar surface area (TPSA) is 63.2 Å². The van der Waals surface area contributed by atoms with Gasteiger partial charge < -0.3 is 15.4 Å². The van der Waals surface area contributed by atoms with Gasteiger partial charge in [0.2, 0.25) is 0 Å². The Kier molecular flexibility index (Phi) is 5.61. The van der Waals surface area contributed by atoms with Gasteiger partial charge in [0.25, 0.3) is 5.91 Å². The minimum absolute atomic E-state index is 0.237. The Morgan fingerprint density at radius 1 is 1.04 bits per heavy atom. The highest BCUT2D eigenvalue weighted by atomic mass is 35.5. The van der Waals surface area contributed by atoms with Gasteiger partial charge in [-0.2, -0.15) is 0 Å². The zero-order valence-corrected chi connectivity index (χ0v) is 15.3. The molecule has 0 spiro atoms. The molecule has 1 heterocycles. The lowest BCUT2D eigenvalue weighted by molar-refractivity contribution is 0.102. The number of amides is 1. The predicted octanol–water partition coefficient (Wildman–Crippen LogP) is 5.39. The maximum absolute atomic E-state index is 12.5. The average Bonchev–Trinajstić information content (AvgIpc) is 2.66. The molecule has 0 saturated heterocycles. The van der Waals surface area contributed by atoms with Crippen molar-refractivity contribution in [1.82, 2.24) is 4.98 Å². The van der Waals surface area contributed by atoms with E-state index >= 15 is 0 Å². The second-order valence-electron chi connectivity index (χ2n) is 5.31. The number of carbonyl (C=O) groups excluding carboxylic acids is 1. The van der Waals surface area contributed by atoms with Crippen molar-refractivity contribution in [3.05, 3.63) is 76.5 Å². The molecule has 5 nitrogen and oxygen atoms in total. The van der Waals surface area contributed by atoms with E-state index in [1.165, 1.54) is 0 Å². The quantitative estimate of drug-likeness (QED) is 0.615. The lowest BCUT2D eigenvalue weighted by atomic mass is 10.2. The Balaban J connectivity index is 1.80. The third kappa shape index (κ3) is 4.07. The van der Waals surface area contributed by atoms with E-state index in [1.807, 2.05) is 24.3 Å². The van der Waals surface area contributed by atoms with E-state index in [1.54, 1.807) is 43.6 Å². The molecule has 2 N–H and O–H groups in total. The zero-order valence-electron chi connectivity index (χ0n) is 13.8. The molecule has 132 valence electrons. The van der Waals surface area contributed by atoms with E-state index in [-0.39, 0.29) is 10.7 Å². The van der Waals surface area contributed by atoms with Crippen LogP contribution >= 0.6 is 23.2 Å². The van der Waals surface area contributed by atoms with Crippen molar-refractivity contribution in [3.63, 3.8) is 0 Å². The molecule has 3 aromatic rings. The van der Waals surface area contributed by atoms with Crippen molar-refractivity contribution in [3.8, 4) is 5.75 Å². The summed E-state index contributed by atoms with van der Waals surface area (Å²) in [5, 5.41) is 6.57. The number of benzene rings is 2.